The van der Waals surface area contributed by atoms with Crippen LogP contribution in [0.1, 0.15) is 19.8 Å². The average molecular weight is 477 g/mol. The van der Waals surface area contributed by atoms with Gasteiger partial charge in [0, 0.05) is 24.6 Å². The first kappa shape index (κ1) is 28.9. The molecular weight excluding hydrogens is 448 g/mol. The summed E-state index contributed by atoms with van der Waals surface area (Å²) in [6.45, 7) is 5.25. The predicted molar refractivity (Wildman–Crippen MR) is 114 cm³/mol. The van der Waals surface area contributed by atoms with Gasteiger partial charge in [-0.1, -0.05) is 6.08 Å². The molecule has 3 amide bonds. The van der Waals surface area contributed by atoms with E-state index in [4.69, 9.17) is 25.5 Å². The van der Waals surface area contributed by atoms with Gasteiger partial charge in [-0.3, -0.25) is 24.7 Å². The number of ether oxygens (including phenoxy) is 1. The van der Waals surface area contributed by atoms with Crippen molar-refractivity contribution in [2.45, 2.75) is 31.8 Å². The molecule has 2 atom stereocenters. The molecule has 14 heteroatoms. The zero-order valence-electron chi connectivity index (χ0n) is 17.7. The number of hydrogen-bond acceptors (Lipinski definition) is 10. The molecule has 0 aromatic heterocycles. The standard InChI is InChI=1S/C18H28N4O9S/c1-4-8-31-21-13(17(27)30-5-2)10-32-9-12(15(24)22(3)18(28)29)20-14(23)7-6-11(19)16(25)26/h4,10-12,21H,1,5-9,19H2,2-3H3,(H,20,23)(H,25,26)(H,28,29). The Balaban J connectivity index is 5.29. The van der Waals surface area contributed by atoms with Crippen molar-refractivity contribution in [2.75, 3.05) is 26.0 Å². The van der Waals surface area contributed by atoms with Crippen LogP contribution < -0.4 is 16.5 Å². The normalized spacial score (nSPS) is 12.8. The van der Waals surface area contributed by atoms with Gasteiger partial charge in [0.25, 0.3) is 5.91 Å². The fraction of sp³-hybridized carbons (Fsp3) is 0.500. The van der Waals surface area contributed by atoms with Gasteiger partial charge in [0.1, 0.15) is 12.1 Å². The molecule has 6 N–H and O–H groups in total. The number of nitrogens with zero attached hydrogens (tertiary/aromatic N) is 1. The molecule has 0 aromatic carbocycles. The summed E-state index contributed by atoms with van der Waals surface area (Å²) in [4.78, 5) is 63.8. The summed E-state index contributed by atoms with van der Waals surface area (Å²) in [5.41, 5.74) is 7.64. The number of carboxylic acid groups (broad SMARTS) is 2. The number of nitrogens with one attached hydrogen (secondary N) is 2. The van der Waals surface area contributed by atoms with E-state index < -0.39 is 41.9 Å². The van der Waals surface area contributed by atoms with Crippen molar-refractivity contribution in [3.8, 4) is 0 Å². The Morgan fingerprint density at radius 1 is 1.25 bits per heavy atom. The van der Waals surface area contributed by atoms with E-state index in [1.807, 2.05) is 0 Å². The van der Waals surface area contributed by atoms with E-state index in [0.717, 1.165) is 18.8 Å². The third-order valence-electron chi connectivity index (χ3n) is 3.59. The number of hydroxylamine groups is 1. The average Bonchev–Trinajstić information content (AvgIpc) is 2.74. The molecule has 0 aliphatic rings. The Hall–Kier alpha value is -3.10. The molecule has 0 bridgehead atoms. The van der Waals surface area contributed by atoms with Gasteiger partial charge in [0.05, 0.1) is 13.2 Å². The number of likely N-dealkylation sites (N-methyl/N-ethyl adjacent to an activating group) is 1. The number of carbonyl (C=O) groups excluding carboxylic acids is 3. The van der Waals surface area contributed by atoms with Crippen LogP contribution >= 0.6 is 11.8 Å². The fourth-order valence-electron chi connectivity index (χ4n) is 1.91. The lowest BCUT2D eigenvalue weighted by Gasteiger charge is -2.21. The van der Waals surface area contributed by atoms with Gasteiger partial charge < -0.3 is 26.0 Å². The Kier molecular flexibility index (Phi) is 14.1. The largest absolute Gasteiger partial charge is 0.480 e. The number of thioether (sulfide) groups is 1. The van der Waals surface area contributed by atoms with Crippen LogP contribution in [0.5, 0.6) is 0 Å². The molecule has 0 aromatic rings. The highest BCUT2D eigenvalue weighted by molar-refractivity contribution is 8.02. The maximum atomic E-state index is 12.4. The van der Waals surface area contributed by atoms with Crippen molar-refractivity contribution in [2.24, 2.45) is 5.73 Å². The lowest BCUT2D eigenvalue weighted by atomic mass is 10.1. The highest BCUT2D eigenvalue weighted by Crippen LogP contribution is 2.11. The molecule has 0 aliphatic heterocycles. The van der Waals surface area contributed by atoms with Gasteiger partial charge in [-0.05, 0) is 13.3 Å². The van der Waals surface area contributed by atoms with Crippen LogP contribution in [-0.2, 0) is 28.8 Å². The lowest BCUT2D eigenvalue weighted by Crippen LogP contribution is -2.50. The van der Waals surface area contributed by atoms with Crippen molar-refractivity contribution < 1.29 is 43.8 Å². The van der Waals surface area contributed by atoms with Crippen LogP contribution in [0.2, 0.25) is 0 Å². The number of carboxylic acids is 1. The fourth-order valence-corrected chi connectivity index (χ4v) is 2.73. The Morgan fingerprint density at radius 2 is 1.91 bits per heavy atom. The van der Waals surface area contributed by atoms with Crippen molar-refractivity contribution in [1.29, 1.82) is 0 Å². The van der Waals surface area contributed by atoms with E-state index in [-0.39, 0.29) is 37.5 Å². The number of amides is 3. The number of imide groups is 1. The smallest absolute Gasteiger partial charge is 0.413 e. The molecule has 32 heavy (non-hydrogen) atoms. The zero-order chi connectivity index (χ0) is 24.7. The predicted octanol–water partition coefficient (Wildman–Crippen LogP) is -0.355. The first-order valence-electron chi connectivity index (χ1n) is 9.30. The zero-order valence-corrected chi connectivity index (χ0v) is 18.6. The molecule has 2 unspecified atom stereocenters. The van der Waals surface area contributed by atoms with Gasteiger partial charge >= 0.3 is 18.0 Å². The summed E-state index contributed by atoms with van der Waals surface area (Å²) >= 11 is 0.905. The van der Waals surface area contributed by atoms with Gasteiger partial charge in [-0.25, -0.2) is 14.5 Å². The second-order valence-electron chi connectivity index (χ2n) is 6.07. The maximum absolute atomic E-state index is 12.4. The van der Waals surface area contributed by atoms with Gasteiger partial charge in [0.2, 0.25) is 5.91 Å². The van der Waals surface area contributed by atoms with Crippen LogP contribution in [-0.4, -0.2) is 83.1 Å². The van der Waals surface area contributed by atoms with E-state index >= 15 is 0 Å². The second-order valence-corrected chi connectivity index (χ2v) is 6.97. The summed E-state index contributed by atoms with van der Waals surface area (Å²) in [7, 11) is 1.01. The Labute approximate surface area is 188 Å². The summed E-state index contributed by atoms with van der Waals surface area (Å²) in [5, 5.41) is 21.5. The van der Waals surface area contributed by atoms with Crippen molar-refractivity contribution in [3.63, 3.8) is 0 Å². The van der Waals surface area contributed by atoms with Crippen LogP contribution in [0.15, 0.2) is 23.8 Å². The number of aliphatic carboxylic acids is 1. The Bertz CT molecular complexity index is 729. The molecule has 0 fully saturated rings. The van der Waals surface area contributed by atoms with Gasteiger partial charge in [0.15, 0.2) is 5.70 Å². The topological polar surface area (TPSA) is 198 Å². The SMILES string of the molecule is C=CCONC(=CSCC(NC(=O)CCC(N)C(=O)O)C(=O)N(C)C(=O)O)C(=O)OCC. The van der Waals surface area contributed by atoms with Crippen LogP contribution in [0.4, 0.5) is 4.79 Å². The van der Waals surface area contributed by atoms with Crippen LogP contribution in [0, 0.1) is 0 Å². The number of hydrogen-bond donors (Lipinski definition) is 5. The third-order valence-corrected chi connectivity index (χ3v) is 4.52. The molecular formula is C18H28N4O9S. The first-order chi connectivity index (χ1) is 15.0. The summed E-state index contributed by atoms with van der Waals surface area (Å²) in [6, 6.07) is -2.55. The molecule has 0 radical (unpaired) electrons. The molecule has 13 nitrogen and oxygen atoms in total. The Morgan fingerprint density at radius 3 is 2.44 bits per heavy atom. The van der Waals surface area contributed by atoms with Crippen LogP contribution in [0.25, 0.3) is 0 Å². The van der Waals surface area contributed by atoms with E-state index in [2.05, 4.69) is 17.4 Å². The highest BCUT2D eigenvalue weighted by Gasteiger charge is 2.27. The molecule has 0 heterocycles. The first-order valence-corrected chi connectivity index (χ1v) is 10.4. The van der Waals surface area contributed by atoms with Gasteiger partial charge in [-0.15, -0.1) is 18.3 Å². The number of nitrogens with two attached hydrogens (primary N) is 1. The van der Waals surface area contributed by atoms with Gasteiger partial charge in [-0.2, -0.15) is 0 Å². The molecule has 0 saturated carbocycles. The van der Waals surface area contributed by atoms with Crippen molar-refractivity contribution in [1.82, 2.24) is 15.7 Å². The summed E-state index contributed by atoms with van der Waals surface area (Å²) in [6.07, 6.45) is -0.569. The number of carbonyl (C=O) groups is 5. The molecule has 0 rings (SSSR count). The van der Waals surface area contributed by atoms with E-state index in [1.165, 1.54) is 11.5 Å². The van der Waals surface area contributed by atoms with Crippen molar-refractivity contribution in [3.05, 3.63) is 23.8 Å². The molecule has 0 saturated heterocycles. The minimum Gasteiger partial charge on any atom is -0.480 e. The maximum Gasteiger partial charge on any atom is 0.413 e. The summed E-state index contributed by atoms with van der Waals surface area (Å²) < 4.78 is 4.88. The summed E-state index contributed by atoms with van der Waals surface area (Å²) in [5.74, 6) is -3.79. The van der Waals surface area contributed by atoms with Crippen LogP contribution in [0.3, 0.4) is 0 Å². The van der Waals surface area contributed by atoms with Crippen molar-refractivity contribution >= 4 is 41.6 Å². The molecule has 0 aliphatic carbocycles. The quantitative estimate of drug-likeness (QED) is 0.0677. The second kappa shape index (κ2) is 15.7. The minimum absolute atomic E-state index is 0.0838. The van der Waals surface area contributed by atoms with E-state index in [9.17, 15) is 24.0 Å². The third kappa shape index (κ3) is 11.3. The number of rotatable bonds is 15. The van der Waals surface area contributed by atoms with E-state index in [1.54, 1.807) is 6.92 Å². The lowest BCUT2D eigenvalue weighted by molar-refractivity contribution is -0.141. The van der Waals surface area contributed by atoms with E-state index in [0.29, 0.717) is 4.90 Å². The molecule has 180 valence electrons. The molecule has 0 spiro atoms. The minimum atomic E-state index is -1.53. The monoisotopic (exact) mass is 476 g/mol. The number of esters is 1. The highest BCUT2D eigenvalue weighted by atomic mass is 32.2.